The molecule has 0 saturated heterocycles. The molecule has 0 N–H and O–H groups in total. The summed E-state index contributed by atoms with van der Waals surface area (Å²) in [4.78, 5) is 13.6. The molecular weight excluding hydrogens is 739 g/mol. The summed E-state index contributed by atoms with van der Waals surface area (Å²) in [6, 6.07) is 27.7. The molecule has 0 saturated carbocycles. The first-order valence-corrected chi connectivity index (χ1v) is 15.0. The van der Waals surface area contributed by atoms with Gasteiger partial charge in [-0.15, -0.1) is 65.4 Å². The normalized spacial score (nSPS) is 13.4. The van der Waals surface area contributed by atoms with Crippen LogP contribution in [-0.4, -0.2) is 15.0 Å². The zero-order valence-corrected chi connectivity index (χ0v) is 28.7. The van der Waals surface area contributed by atoms with Crippen LogP contribution in [-0.2, 0) is 25.5 Å². The van der Waals surface area contributed by atoms with E-state index in [1.165, 1.54) is 11.8 Å². The fourth-order valence-electron chi connectivity index (χ4n) is 4.91. The van der Waals surface area contributed by atoms with Crippen LogP contribution < -0.4 is 0 Å². The molecule has 0 aliphatic carbocycles. The van der Waals surface area contributed by atoms with Crippen LogP contribution in [0, 0.1) is 25.9 Å². The van der Waals surface area contributed by atoms with Gasteiger partial charge in [0.25, 0.3) is 0 Å². The average Bonchev–Trinajstić information content (AvgIpc) is 3.63. The van der Waals surface area contributed by atoms with Gasteiger partial charge < -0.3 is 14.4 Å². The molecule has 7 aromatic rings. The Morgan fingerprint density at radius 2 is 1.77 bits per heavy atom. The van der Waals surface area contributed by atoms with Crippen LogP contribution in [0.5, 0.6) is 0 Å². The Hall–Kier alpha value is -3.70. The molecule has 6 heteroatoms. The first kappa shape index (κ1) is 26.7. The molecule has 1 radical (unpaired) electrons. The molecule has 0 atom stereocenters. The van der Waals surface area contributed by atoms with Gasteiger partial charge in [-0.05, 0) is 59.9 Å². The predicted molar refractivity (Wildman–Crippen MR) is 180 cm³/mol. The van der Waals surface area contributed by atoms with Crippen molar-refractivity contribution >= 4 is 43.5 Å². The first-order chi connectivity index (χ1) is 22.1. The van der Waals surface area contributed by atoms with Gasteiger partial charge in [0.1, 0.15) is 5.58 Å². The van der Waals surface area contributed by atoms with Crippen molar-refractivity contribution in [1.29, 1.82) is 0 Å². The molecule has 0 bridgehead atoms. The van der Waals surface area contributed by atoms with Gasteiger partial charge in [0.05, 0.1) is 20.8 Å². The number of thiazole rings is 1. The molecule has 4 heterocycles. The summed E-state index contributed by atoms with van der Waals surface area (Å²) in [6.07, 6.45) is 3.23. The van der Waals surface area contributed by atoms with E-state index in [1.54, 1.807) is 31.3 Å². The molecule has 3 aromatic carbocycles. The third kappa shape index (κ3) is 6.25. The largest absolute Gasteiger partial charge is 0.501 e. The summed E-state index contributed by atoms with van der Waals surface area (Å²) < 4.78 is 39.5. The third-order valence-corrected chi connectivity index (χ3v) is 8.70. The van der Waals surface area contributed by atoms with Crippen LogP contribution in [0.25, 0.3) is 54.7 Å². The van der Waals surface area contributed by atoms with Crippen LogP contribution in [0.2, 0.25) is 0 Å². The minimum Gasteiger partial charge on any atom is -0.501 e. The molecule has 225 valence electrons. The fraction of sp³-hybridized carbons (Fsp3) is 0.237. The number of fused-ring (bicyclic) bond motifs is 5. The van der Waals surface area contributed by atoms with Crippen LogP contribution in [0.3, 0.4) is 0 Å². The van der Waals surface area contributed by atoms with E-state index < -0.39 is 12.7 Å². The van der Waals surface area contributed by atoms with Crippen LogP contribution in [0.1, 0.15) is 67.7 Å². The summed E-state index contributed by atoms with van der Waals surface area (Å²) in [5, 5.41) is 3.01. The quantitative estimate of drug-likeness (QED) is 0.168. The van der Waals surface area contributed by atoms with Crippen molar-refractivity contribution in [2.45, 2.75) is 59.7 Å². The number of furan rings is 1. The Morgan fingerprint density at radius 1 is 0.955 bits per heavy atom. The number of hydrogen-bond donors (Lipinski definition) is 0. The van der Waals surface area contributed by atoms with Crippen molar-refractivity contribution in [3.8, 4) is 22.5 Å². The number of aryl methyl sites for hydroxylation is 2. The van der Waals surface area contributed by atoms with E-state index >= 15 is 0 Å². The molecule has 0 amide bonds. The Bertz CT molecular complexity index is 2210. The second-order valence-corrected chi connectivity index (χ2v) is 12.9. The Labute approximate surface area is 282 Å². The Morgan fingerprint density at radius 3 is 2.45 bits per heavy atom. The van der Waals surface area contributed by atoms with E-state index in [0.717, 1.165) is 42.8 Å². The van der Waals surface area contributed by atoms with Gasteiger partial charge in [-0.1, -0.05) is 63.8 Å². The molecule has 7 rings (SSSR count). The van der Waals surface area contributed by atoms with Gasteiger partial charge in [0.2, 0.25) is 0 Å². The molecule has 0 aliphatic heterocycles. The molecule has 0 fully saturated rings. The molecule has 0 spiro atoms. The zero-order chi connectivity index (χ0) is 33.7. The Kier molecular flexibility index (Phi) is 7.72. The van der Waals surface area contributed by atoms with Gasteiger partial charge in [0.15, 0.2) is 0 Å². The second kappa shape index (κ2) is 12.7. The van der Waals surface area contributed by atoms with Gasteiger partial charge in [-0.3, -0.25) is 0 Å². The monoisotopic (exact) mass is 778 g/mol. The van der Waals surface area contributed by atoms with Crippen LogP contribution in [0.15, 0.2) is 83.5 Å². The van der Waals surface area contributed by atoms with E-state index in [-0.39, 0.29) is 31.1 Å². The maximum atomic E-state index is 8.53. The van der Waals surface area contributed by atoms with Crippen LogP contribution >= 0.6 is 11.3 Å². The van der Waals surface area contributed by atoms with E-state index in [4.69, 9.17) is 14.9 Å². The van der Waals surface area contributed by atoms with Crippen molar-refractivity contribution < 1.29 is 30.0 Å². The smallest absolute Gasteiger partial charge is 0.122 e. The summed E-state index contributed by atoms with van der Waals surface area (Å²) in [6.45, 7) is 9.51. The minimum absolute atomic E-state index is 0. The first-order valence-electron chi connectivity index (χ1n) is 16.2. The van der Waals surface area contributed by atoms with Crippen molar-refractivity contribution in [3.63, 3.8) is 0 Å². The number of hydrogen-bond acceptors (Lipinski definition) is 5. The van der Waals surface area contributed by atoms with Crippen molar-refractivity contribution in [1.82, 2.24) is 15.0 Å². The minimum atomic E-state index is -2.35. The van der Waals surface area contributed by atoms with Crippen molar-refractivity contribution in [3.05, 3.63) is 113 Å². The Balaban J connectivity index is 0.000000270. The maximum absolute atomic E-state index is 8.53. The van der Waals surface area contributed by atoms with Gasteiger partial charge in [-0.25, -0.2) is 4.98 Å². The molecule has 44 heavy (non-hydrogen) atoms. The average molecular weight is 778 g/mol. The maximum Gasteiger partial charge on any atom is 0.122 e. The second-order valence-electron chi connectivity index (χ2n) is 11.9. The van der Waals surface area contributed by atoms with Crippen LogP contribution in [0.4, 0.5) is 0 Å². The van der Waals surface area contributed by atoms with E-state index in [0.29, 0.717) is 22.4 Å². The summed E-state index contributed by atoms with van der Waals surface area (Å²) in [7, 11) is 0. The molecule has 4 aromatic heterocycles. The SMILES string of the molecule is Cc1ccc(-c2[c-]cccc2)nc1.[2H]C([2H])([2H])c1cnc(-c2[c-]ccc3c2oc2ccc4nc(C(C)(C)C)sc4c23)cc1C([2H])(C)C.[Ir]. The molecule has 0 aliphatic rings. The number of nitrogens with zero attached hydrogens (tertiary/aromatic N) is 3. The standard InChI is InChI=1S/C26H25N2OS.C12H10N.Ir/c1-14(2)18-12-20(27-13-15(18)3)16-8-7-9-17-22-21(29-23(16)17)11-10-19-24(22)30-25(28-19)26(4,5)6;1-10-7-8-12(13-9-10)11-5-3-2-4-6-11;/h7,9-14H,1-6H3;2-5,7-9H,1H3;/q2*-1;/i3D3,14D;;. The summed E-state index contributed by atoms with van der Waals surface area (Å²) >= 11 is 1.68. The van der Waals surface area contributed by atoms with Crippen molar-refractivity contribution in [2.75, 3.05) is 0 Å². The molecule has 4 nitrogen and oxygen atoms in total. The summed E-state index contributed by atoms with van der Waals surface area (Å²) in [5.74, 6) is -1.11. The molecular formula is C38H35IrN3OS-2. The van der Waals surface area contributed by atoms with E-state index in [1.807, 2.05) is 67.7 Å². The number of rotatable bonds is 3. The van der Waals surface area contributed by atoms with E-state index in [9.17, 15) is 0 Å². The van der Waals surface area contributed by atoms with Gasteiger partial charge in [0, 0.05) is 48.8 Å². The summed E-state index contributed by atoms with van der Waals surface area (Å²) in [5.41, 5.74) is 7.17. The number of pyridine rings is 2. The number of aromatic nitrogens is 3. The fourth-order valence-corrected chi connectivity index (χ4v) is 6.08. The molecule has 0 unspecified atom stereocenters. The van der Waals surface area contributed by atoms with E-state index in [2.05, 4.69) is 48.9 Å². The third-order valence-electron chi connectivity index (χ3n) is 7.19. The van der Waals surface area contributed by atoms with Gasteiger partial charge in [-0.2, -0.15) is 0 Å². The number of benzene rings is 3. The van der Waals surface area contributed by atoms with Gasteiger partial charge >= 0.3 is 0 Å². The topological polar surface area (TPSA) is 51.8 Å². The van der Waals surface area contributed by atoms with Crippen molar-refractivity contribution in [2.24, 2.45) is 0 Å². The predicted octanol–water partition coefficient (Wildman–Crippen LogP) is 10.6. The zero-order valence-electron chi connectivity index (χ0n) is 29.5.